The Bertz CT molecular complexity index is 968. The smallest absolute Gasteiger partial charge is 0.330 e. The van der Waals surface area contributed by atoms with Gasteiger partial charge in [-0.3, -0.25) is 4.52 Å². The van der Waals surface area contributed by atoms with E-state index in [9.17, 15) is 9.18 Å². The van der Waals surface area contributed by atoms with E-state index < -0.39 is 11.6 Å². The molecule has 0 saturated heterocycles. The molecule has 10 heteroatoms. The molecular formula is C14H11FN6O3. The molecule has 2 N–H and O–H groups in total. The average molecular weight is 330 g/mol. The lowest BCUT2D eigenvalue weighted by atomic mass is 10.1. The Morgan fingerprint density at radius 2 is 2.17 bits per heavy atom. The zero-order valence-corrected chi connectivity index (χ0v) is 12.3. The molecule has 0 fully saturated rings. The van der Waals surface area contributed by atoms with Gasteiger partial charge in [0.1, 0.15) is 17.6 Å². The number of nitrogens with two attached hydrogens (primary N) is 1. The molecule has 0 saturated carbocycles. The van der Waals surface area contributed by atoms with Crippen molar-refractivity contribution in [3.63, 3.8) is 0 Å². The number of nitrogens with zero attached hydrogens (tertiary/aromatic N) is 5. The summed E-state index contributed by atoms with van der Waals surface area (Å²) in [6, 6.07) is 5.32. The Morgan fingerprint density at radius 1 is 1.33 bits per heavy atom. The Balaban J connectivity index is 2.13. The van der Waals surface area contributed by atoms with Crippen molar-refractivity contribution in [1.29, 1.82) is 5.26 Å². The molecule has 2 aromatic heterocycles. The van der Waals surface area contributed by atoms with Crippen molar-refractivity contribution in [2.24, 2.45) is 5.73 Å². The second kappa shape index (κ2) is 6.43. The fourth-order valence-corrected chi connectivity index (χ4v) is 2.18. The first kappa shape index (κ1) is 15.6. The van der Waals surface area contributed by atoms with Crippen molar-refractivity contribution < 1.29 is 13.5 Å². The molecule has 0 aliphatic carbocycles. The van der Waals surface area contributed by atoms with Gasteiger partial charge in [0.2, 0.25) is 5.82 Å². The highest BCUT2D eigenvalue weighted by Crippen LogP contribution is 2.22. The maximum absolute atomic E-state index is 13.5. The number of hydrogen-bond donors (Lipinski definition) is 1. The van der Waals surface area contributed by atoms with Gasteiger partial charge >= 0.3 is 5.76 Å². The minimum absolute atomic E-state index is 0.0452. The average Bonchev–Trinajstić information content (AvgIpc) is 3.19. The van der Waals surface area contributed by atoms with E-state index in [1.807, 2.05) is 0 Å². The predicted octanol–water partition coefficient (Wildman–Crippen LogP) is 0.778. The third-order valence-corrected chi connectivity index (χ3v) is 3.32. The van der Waals surface area contributed by atoms with Gasteiger partial charge in [-0.25, -0.2) is 18.4 Å². The number of aromatic nitrogens is 4. The maximum Gasteiger partial charge on any atom is 0.446 e. The first-order valence-corrected chi connectivity index (χ1v) is 6.96. The van der Waals surface area contributed by atoms with Crippen LogP contribution in [0.5, 0.6) is 0 Å². The summed E-state index contributed by atoms with van der Waals surface area (Å²) in [4.78, 5) is 12.0. The molecule has 1 aromatic carbocycles. The SMILES string of the molecule is N#Cc1cc(-n2c(-c3nonc3CCCN)noc2=O)ccc1F. The van der Waals surface area contributed by atoms with Crippen molar-refractivity contribution in [2.45, 2.75) is 12.8 Å². The zero-order valence-electron chi connectivity index (χ0n) is 12.3. The summed E-state index contributed by atoms with van der Waals surface area (Å²) in [7, 11) is 0. The van der Waals surface area contributed by atoms with Gasteiger partial charge in [0.25, 0.3) is 0 Å². The van der Waals surface area contributed by atoms with Crippen molar-refractivity contribution in [3.8, 4) is 23.3 Å². The van der Waals surface area contributed by atoms with Crippen molar-refractivity contribution >= 4 is 0 Å². The van der Waals surface area contributed by atoms with E-state index in [1.54, 1.807) is 6.07 Å². The van der Waals surface area contributed by atoms with Crippen molar-refractivity contribution in [3.05, 3.63) is 45.8 Å². The van der Waals surface area contributed by atoms with E-state index in [0.717, 1.165) is 10.6 Å². The van der Waals surface area contributed by atoms with Crippen LogP contribution in [0.3, 0.4) is 0 Å². The lowest BCUT2D eigenvalue weighted by Crippen LogP contribution is -2.14. The Hall–Kier alpha value is -3.32. The molecule has 0 aliphatic heterocycles. The standard InChI is InChI=1S/C14H11FN6O3/c15-10-4-3-9(6-8(10)7-17)21-13(20-23-14(21)22)12-11(2-1-5-16)18-24-19-12/h3-4,6H,1-2,5,16H2. The summed E-state index contributed by atoms with van der Waals surface area (Å²) >= 11 is 0. The van der Waals surface area contributed by atoms with Gasteiger partial charge in [-0.05, 0) is 42.7 Å². The topological polar surface area (TPSA) is 137 Å². The molecule has 122 valence electrons. The van der Waals surface area contributed by atoms with E-state index in [0.29, 0.717) is 25.1 Å². The van der Waals surface area contributed by atoms with Crippen LogP contribution in [0, 0.1) is 17.1 Å². The van der Waals surface area contributed by atoms with E-state index in [4.69, 9.17) is 15.6 Å². The number of nitriles is 1. The summed E-state index contributed by atoms with van der Waals surface area (Å²) in [5.74, 6) is -1.46. The Kier molecular flexibility index (Phi) is 4.17. The van der Waals surface area contributed by atoms with Crippen LogP contribution in [0.15, 0.2) is 32.1 Å². The lowest BCUT2D eigenvalue weighted by Gasteiger charge is -2.04. The molecule has 0 radical (unpaired) electrons. The third-order valence-electron chi connectivity index (χ3n) is 3.32. The monoisotopic (exact) mass is 330 g/mol. The van der Waals surface area contributed by atoms with Crippen LogP contribution in [0.25, 0.3) is 17.2 Å². The number of benzene rings is 1. The minimum Gasteiger partial charge on any atom is -0.330 e. The molecule has 24 heavy (non-hydrogen) atoms. The fourth-order valence-electron chi connectivity index (χ4n) is 2.18. The van der Waals surface area contributed by atoms with Crippen LogP contribution in [0.2, 0.25) is 0 Å². The van der Waals surface area contributed by atoms with Gasteiger partial charge in [0.05, 0.1) is 11.3 Å². The first-order valence-electron chi connectivity index (χ1n) is 6.96. The van der Waals surface area contributed by atoms with Gasteiger partial charge in [-0.2, -0.15) is 5.26 Å². The quantitative estimate of drug-likeness (QED) is 0.724. The molecule has 0 bridgehead atoms. The second-order valence-electron chi connectivity index (χ2n) is 4.84. The van der Waals surface area contributed by atoms with Crippen LogP contribution >= 0.6 is 0 Å². The first-order chi connectivity index (χ1) is 11.7. The largest absolute Gasteiger partial charge is 0.446 e. The molecule has 0 unspecified atom stereocenters. The van der Waals surface area contributed by atoms with Crippen LogP contribution < -0.4 is 11.5 Å². The number of hydrogen-bond acceptors (Lipinski definition) is 8. The summed E-state index contributed by atoms with van der Waals surface area (Å²) in [6.07, 6.45) is 1.11. The van der Waals surface area contributed by atoms with Crippen LogP contribution in [0.1, 0.15) is 17.7 Å². The Morgan fingerprint density at radius 3 is 2.92 bits per heavy atom. The lowest BCUT2D eigenvalue weighted by molar-refractivity contribution is 0.304. The summed E-state index contributed by atoms with van der Waals surface area (Å²) in [5.41, 5.74) is 6.15. The third kappa shape index (κ3) is 2.68. The number of aryl methyl sites for hydroxylation is 1. The van der Waals surface area contributed by atoms with E-state index in [1.165, 1.54) is 12.1 Å². The Labute approximate surface area is 134 Å². The summed E-state index contributed by atoms with van der Waals surface area (Å²) in [5, 5.41) is 20.1. The summed E-state index contributed by atoms with van der Waals surface area (Å²) in [6.45, 7) is 0.446. The minimum atomic E-state index is -0.812. The second-order valence-corrected chi connectivity index (χ2v) is 4.84. The number of rotatable bonds is 5. The number of halogens is 1. The van der Waals surface area contributed by atoms with Gasteiger partial charge < -0.3 is 5.73 Å². The maximum atomic E-state index is 13.5. The molecule has 9 nitrogen and oxygen atoms in total. The predicted molar refractivity (Wildman–Crippen MR) is 77.4 cm³/mol. The van der Waals surface area contributed by atoms with Gasteiger partial charge in [-0.15, -0.1) is 0 Å². The van der Waals surface area contributed by atoms with Gasteiger partial charge in [-0.1, -0.05) is 10.3 Å². The molecule has 0 amide bonds. The molecule has 3 rings (SSSR count). The molecular weight excluding hydrogens is 319 g/mol. The molecule has 0 atom stereocenters. The van der Waals surface area contributed by atoms with Crippen LogP contribution in [0.4, 0.5) is 4.39 Å². The molecule has 2 heterocycles. The highest BCUT2D eigenvalue weighted by molar-refractivity contribution is 5.56. The molecule has 3 aromatic rings. The van der Waals surface area contributed by atoms with E-state index >= 15 is 0 Å². The van der Waals surface area contributed by atoms with Crippen LogP contribution in [-0.2, 0) is 6.42 Å². The zero-order chi connectivity index (χ0) is 17.1. The normalized spacial score (nSPS) is 10.7. The molecule has 0 aliphatic rings. The van der Waals surface area contributed by atoms with Gasteiger partial charge in [0, 0.05) is 0 Å². The van der Waals surface area contributed by atoms with Gasteiger partial charge in [0.15, 0.2) is 5.69 Å². The van der Waals surface area contributed by atoms with E-state index in [-0.39, 0.29) is 22.8 Å². The molecule has 0 spiro atoms. The van der Waals surface area contributed by atoms with E-state index in [2.05, 4.69) is 20.0 Å². The highest BCUT2D eigenvalue weighted by Gasteiger charge is 2.22. The van der Waals surface area contributed by atoms with Crippen LogP contribution in [-0.4, -0.2) is 26.6 Å². The summed E-state index contributed by atoms with van der Waals surface area (Å²) < 4.78 is 23.9. The highest BCUT2D eigenvalue weighted by atomic mass is 19.1. The fraction of sp³-hybridized carbons (Fsp3) is 0.214. The van der Waals surface area contributed by atoms with Crippen molar-refractivity contribution in [1.82, 2.24) is 20.0 Å². The van der Waals surface area contributed by atoms with Crippen molar-refractivity contribution in [2.75, 3.05) is 6.54 Å².